The SMILES string of the molecule is C=C(Cn1cc(C(=C)c2ccc(C)cc2)c(=N)c2cc3c(cc21)CCC3)NC.C=CC. The smallest absolute Gasteiger partial charge is 0.0726 e. The minimum absolute atomic E-state index is 0.557. The molecule has 0 saturated carbocycles. The molecular formula is C28H33N3. The molecule has 1 aromatic heterocycles. The van der Waals surface area contributed by atoms with Crippen molar-refractivity contribution < 1.29 is 0 Å². The van der Waals surface area contributed by atoms with Crippen molar-refractivity contribution >= 4 is 16.5 Å². The predicted molar refractivity (Wildman–Crippen MR) is 133 cm³/mol. The van der Waals surface area contributed by atoms with Gasteiger partial charge < -0.3 is 9.88 Å². The molecule has 3 nitrogen and oxygen atoms in total. The van der Waals surface area contributed by atoms with Gasteiger partial charge in [0.25, 0.3) is 0 Å². The van der Waals surface area contributed by atoms with Gasteiger partial charge in [-0.1, -0.05) is 49.1 Å². The molecule has 0 atom stereocenters. The van der Waals surface area contributed by atoms with E-state index in [0.29, 0.717) is 11.9 Å². The lowest BCUT2D eigenvalue weighted by Gasteiger charge is -2.18. The van der Waals surface area contributed by atoms with Crippen molar-refractivity contribution in [3.63, 3.8) is 0 Å². The monoisotopic (exact) mass is 411 g/mol. The highest BCUT2D eigenvalue weighted by Gasteiger charge is 2.16. The lowest BCUT2D eigenvalue weighted by molar-refractivity contribution is 0.750. The summed E-state index contributed by atoms with van der Waals surface area (Å²) in [4.78, 5) is 0. The number of hydrogen-bond acceptors (Lipinski definition) is 2. The molecule has 3 heteroatoms. The first-order chi connectivity index (χ1) is 14.9. The molecule has 0 spiro atoms. The summed E-state index contributed by atoms with van der Waals surface area (Å²) in [7, 11) is 1.90. The fourth-order valence-electron chi connectivity index (χ4n) is 4.04. The topological polar surface area (TPSA) is 40.8 Å². The van der Waals surface area contributed by atoms with Crippen molar-refractivity contribution in [2.24, 2.45) is 0 Å². The van der Waals surface area contributed by atoms with Crippen molar-refractivity contribution in [2.75, 3.05) is 7.05 Å². The van der Waals surface area contributed by atoms with E-state index >= 15 is 0 Å². The average Bonchev–Trinajstić information content (AvgIpc) is 3.22. The fraction of sp³-hybridized carbons (Fsp3) is 0.250. The Labute approximate surface area is 186 Å². The van der Waals surface area contributed by atoms with E-state index < -0.39 is 0 Å². The second kappa shape index (κ2) is 9.65. The molecule has 0 saturated heterocycles. The van der Waals surface area contributed by atoms with E-state index in [1.54, 1.807) is 6.08 Å². The van der Waals surface area contributed by atoms with Crippen LogP contribution in [-0.2, 0) is 19.4 Å². The highest BCUT2D eigenvalue weighted by Crippen LogP contribution is 2.28. The van der Waals surface area contributed by atoms with Crippen LogP contribution in [0.4, 0.5) is 0 Å². The van der Waals surface area contributed by atoms with Crippen LogP contribution >= 0.6 is 0 Å². The summed E-state index contributed by atoms with van der Waals surface area (Å²) >= 11 is 0. The van der Waals surface area contributed by atoms with E-state index in [0.717, 1.165) is 46.1 Å². The molecule has 0 aliphatic heterocycles. The predicted octanol–water partition coefficient (Wildman–Crippen LogP) is 5.90. The summed E-state index contributed by atoms with van der Waals surface area (Å²) in [6, 6.07) is 12.9. The van der Waals surface area contributed by atoms with Crippen LogP contribution in [0, 0.1) is 12.3 Å². The van der Waals surface area contributed by atoms with E-state index in [4.69, 9.17) is 5.41 Å². The molecule has 0 fully saturated rings. The van der Waals surface area contributed by atoms with E-state index in [1.165, 1.54) is 23.1 Å². The molecule has 0 radical (unpaired) electrons. The third-order valence-corrected chi connectivity index (χ3v) is 5.78. The van der Waals surface area contributed by atoms with Crippen LogP contribution in [0.2, 0.25) is 0 Å². The van der Waals surface area contributed by atoms with Gasteiger partial charge in [-0.15, -0.1) is 6.58 Å². The van der Waals surface area contributed by atoms with E-state index in [-0.39, 0.29) is 0 Å². The Kier molecular flexibility index (Phi) is 6.96. The summed E-state index contributed by atoms with van der Waals surface area (Å²) in [5.41, 5.74) is 8.88. The van der Waals surface area contributed by atoms with Gasteiger partial charge in [0.2, 0.25) is 0 Å². The number of nitrogens with zero attached hydrogens (tertiary/aromatic N) is 1. The first kappa shape index (κ1) is 22.4. The van der Waals surface area contributed by atoms with Crippen LogP contribution < -0.4 is 10.7 Å². The van der Waals surface area contributed by atoms with Crippen LogP contribution in [0.5, 0.6) is 0 Å². The molecule has 1 aliphatic carbocycles. The second-order valence-electron chi connectivity index (χ2n) is 8.14. The Bertz CT molecular complexity index is 1190. The molecule has 1 aliphatic rings. The zero-order valence-electron chi connectivity index (χ0n) is 19.0. The maximum atomic E-state index is 8.94. The number of nitrogens with one attached hydrogen (secondary N) is 2. The fourth-order valence-corrected chi connectivity index (χ4v) is 4.04. The van der Waals surface area contributed by atoms with Crippen molar-refractivity contribution in [3.8, 4) is 0 Å². The normalized spacial score (nSPS) is 12.0. The summed E-state index contributed by atoms with van der Waals surface area (Å²) in [5.74, 6) is 0. The first-order valence-electron chi connectivity index (χ1n) is 10.8. The summed E-state index contributed by atoms with van der Waals surface area (Å²) in [5, 5.41) is 13.6. The minimum Gasteiger partial charge on any atom is -0.390 e. The van der Waals surface area contributed by atoms with Crippen molar-refractivity contribution in [2.45, 2.75) is 39.7 Å². The number of aryl methyl sites for hydroxylation is 3. The molecule has 0 amide bonds. The number of hydrogen-bond donors (Lipinski definition) is 2. The van der Waals surface area contributed by atoms with Gasteiger partial charge in [-0.25, -0.2) is 0 Å². The van der Waals surface area contributed by atoms with Gasteiger partial charge in [0, 0.05) is 29.9 Å². The molecule has 2 aromatic carbocycles. The molecule has 160 valence electrons. The van der Waals surface area contributed by atoms with Gasteiger partial charge in [-0.2, -0.15) is 0 Å². The Morgan fingerprint density at radius 1 is 1.13 bits per heavy atom. The number of rotatable bonds is 5. The van der Waals surface area contributed by atoms with Gasteiger partial charge >= 0.3 is 0 Å². The van der Waals surface area contributed by atoms with Crippen LogP contribution in [0.3, 0.4) is 0 Å². The molecule has 1 heterocycles. The van der Waals surface area contributed by atoms with Crippen LogP contribution in [0.25, 0.3) is 16.5 Å². The average molecular weight is 412 g/mol. The molecule has 0 bridgehead atoms. The number of aromatic nitrogens is 1. The maximum Gasteiger partial charge on any atom is 0.0726 e. The van der Waals surface area contributed by atoms with Crippen molar-refractivity contribution in [3.05, 3.63) is 107 Å². The van der Waals surface area contributed by atoms with Gasteiger partial charge in [-0.05, 0) is 67.5 Å². The number of likely N-dealkylation sites (N-methyl/N-ethyl adjacent to an activating group) is 1. The highest BCUT2D eigenvalue weighted by atomic mass is 15.0. The number of benzene rings is 2. The quantitative estimate of drug-likeness (QED) is 0.504. The lowest BCUT2D eigenvalue weighted by atomic mass is 9.96. The maximum absolute atomic E-state index is 8.94. The van der Waals surface area contributed by atoms with Gasteiger partial charge in [0.15, 0.2) is 0 Å². The second-order valence-corrected chi connectivity index (χ2v) is 8.14. The Morgan fingerprint density at radius 2 is 1.74 bits per heavy atom. The lowest BCUT2D eigenvalue weighted by Crippen LogP contribution is -2.18. The van der Waals surface area contributed by atoms with Crippen LogP contribution in [-0.4, -0.2) is 11.6 Å². The third-order valence-electron chi connectivity index (χ3n) is 5.78. The van der Waals surface area contributed by atoms with E-state index in [1.807, 2.05) is 14.0 Å². The Balaban J connectivity index is 0.000000858. The van der Waals surface area contributed by atoms with Crippen LogP contribution in [0.15, 0.2) is 74.1 Å². The number of pyridine rings is 1. The molecule has 31 heavy (non-hydrogen) atoms. The zero-order chi connectivity index (χ0) is 22.5. The molecule has 4 rings (SSSR count). The third kappa shape index (κ3) is 4.72. The molecular weight excluding hydrogens is 378 g/mol. The number of fused-ring (bicyclic) bond motifs is 2. The zero-order valence-corrected chi connectivity index (χ0v) is 19.0. The highest BCUT2D eigenvalue weighted by molar-refractivity contribution is 5.87. The summed E-state index contributed by atoms with van der Waals surface area (Å²) < 4.78 is 2.21. The van der Waals surface area contributed by atoms with Crippen molar-refractivity contribution in [1.29, 1.82) is 5.41 Å². The molecule has 0 unspecified atom stereocenters. The van der Waals surface area contributed by atoms with Gasteiger partial charge in [-0.3, -0.25) is 5.41 Å². The standard InChI is InChI=1S/C25H27N3.C3H6/c1-16-8-10-19(11-9-16)18(3)23-15-28(14-17(2)27-4)24-13-21-7-5-6-20(21)12-22(24)25(23)26;1-3-2/h8-13,15,26-27H,2-3,5-7,14H2,1,4H3;3H,1H2,2H3. The van der Waals surface area contributed by atoms with Crippen molar-refractivity contribution in [1.82, 2.24) is 9.88 Å². The van der Waals surface area contributed by atoms with E-state index in [9.17, 15) is 0 Å². The Morgan fingerprint density at radius 3 is 2.35 bits per heavy atom. The summed E-state index contributed by atoms with van der Waals surface area (Å²) in [6.45, 7) is 16.4. The minimum atomic E-state index is 0.557. The number of allylic oxidation sites excluding steroid dienone is 2. The first-order valence-corrected chi connectivity index (χ1v) is 10.8. The molecule has 3 aromatic rings. The summed E-state index contributed by atoms with van der Waals surface area (Å²) in [6.07, 6.45) is 7.25. The van der Waals surface area contributed by atoms with E-state index in [2.05, 4.69) is 79.1 Å². The molecule has 2 N–H and O–H groups in total. The Hall–Kier alpha value is -3.33. The van der Waals surface area contributed by atoms with Crippen LogP contribution in [0.1, 0.15) is 41.2 Å². The van der Waals surface area contributed by atoms with Gasteiger partial charge in [0.1, 0.15) is 0 Å². The largest absolute Gasteiger partial charge is 0.390 e. The van der Waals surface area contributed by atoms with Gasteiger partial charge in [0.05, 0.1) is 17.4 Å².